The molecule has 4 heteroatoms. The van der Waals surface area contributed by atoms with Crippen molar-refractivity contribution in [1.29, 1.82) is 0 Å². The van der Waals surface area contributed by atoms with Crippen molar-refractivity contribution in [3.05, 3.63) is 12.4 Å². The zero-order valence-electron chi connectivity index (χ0n) is 8.33. The molecule has 0 unspecified atom stereocenters. The third-order valence-electron chi connectivity index (χ3n) is 2.07. The molecule has 0 bridgehead atoms. The Morgan fingerprint density at radius 3 is 2.54 bits per heavy atom. The lowest BCUT2D eigenvalue weighted by atomic mass is 10.0. The first kappa shape index (κ1) is 9.77. The van der Waals surface area contributed by atoms with Crippen LogP contribution in [-0.4, -0.2) is 15.5 Å². The van der Waals surface area contributed by atoms with E-state index < -0.39 is 0 Å². The van der Waals surface area contributed by atoms with Gasteiger partial charge in [0, 0.05) is 17.9 Å². The van der Waals surface area contributed by atoms with Crippen LogP contribution in [0.1, 0.15) is 27.2 Å². The number of nitrogens with zero attached hydrogens (tertiary/aromatic N) is 2. The molecule has 0 saturated heterocycles. The summed E-state index contributed by atoms with van der Waals surface area (Å²) in [7, 11) is 0. The molecule has 0 atom stereocenters. The van der Waals surface area contributed by atoms with E-state index in [4.69, 9.17) is 5.73 Å². The second kappa shape index (κ2) is 3.60. The van der Waals surface area contributed by atoms with E-state index in [1.807, 2.05) is 0 Å². The van der Waals surface area contributed by atoms with Crippen LogP contribution < -0.4 is 11.1 Å². The van der Waals surface area contributed by atoms with E-state index >= 15 is 0 Å². The number of aromatic nitrogens is 2. The van der Waals surface area contributed by atoms with Crippen molar-refractivity contribution in [2.75, 3.05) is 11.1 Å². The number of hydrogen-bond donors (Lipinski definition) is 2. The summed E-state index contributed by atoms with van der Waals surface area (Å²) >= 11 is 0. The number of nitrogens with two attached hydrogens (primary N) is 1. The normalized spacial score (nSPS) is 11.3. The maximum Gasteiger partial charge on any atom is 0.169 e. The second-order valence-corrected chi connectivity index (χ2v) is 3.65. The van der Waals surface area contributed by atoms with Gasteiger partial charge in [0.2, 0.25) is 0 Å². The molecule has 0 saturated carbocycles. The Kier molecular flexibility index (Phi) is 2.70. The molecule has 0 aliphatic heterocycles. The molecule has 0 aliphatic rings. The summed E-state index contributed by atoms with van der Waals surface area (Å²) in [6.07, 6.45) is 4.22. The van der Waals surface area contributed by atoms with E-state index in [1.165, 1.54) is 0 Å². The van der Waals surface area contributed by atoms with Gasteiger partial charge in [-0.2, -0.15) is 0 Å². The van der Waals surface area contributed by atoms with Gasteiger partial charge in [-0.15, -0.1) is 0 Å². The van der Waals surface area contributed by atoms with Crippen molar-refractivity contribution in [2.24, 2.45) is 0 Å². The topological polar surface area (TPSA) is 63.8 Å². The average Bonchev–Trinajstić information content (AvgIpc) is 2.09. The van der Waals surface area contributed by atoms with Crippen LogP contribution in [-0.2, 0) is 0 Å². The second-order valence-electron chi connectivity index (χ2n) is 3.65. The highest BCUT2D eigenvalue weighted by atomic mass is 15.1. The van der Waals surface area contributed by atoms with Crippen LogP contribution in [0.5, 0.6) is 0 Å². The van der Waals surface area contributed by atoms with Gasteiger partial charge in [0.15, 0.2) is 11.6 Å². The fourth-order valence-corrected chi connectivity index (χ4v) is 0.854. The largest absolute Gasteiger partial charge is 0.381 e. The number of nitrogen functional groups attached to an aromatic ring is 1. The summed E-state index contributed by atoms with van der Waals surface area (Å²) in [6, 6.07) is 0. The van der Waals surface area contributed by atoms with Crippen molar-refractivity contribution in [3.63, 3.8) is 0 Å². The molecular weight excluding hydrogens is 164 g/mol. The van der Waals surface area contributed by atoms with E-state index in [1.54, 1.807) is 12.4 Å². The Hall–Kier alpha value is -1.32. The maximum absolute atomic E-state index is 5.65. The highest BCUT2D eigenvalue weighted by Crippen LogP contribution is 2.18. The average molecular weight is 180 g/mol. The fraction of sp³-hybridized carbons (Fsp3) is 0.556. The Bertz CT molecular complexity index is 283. The molecule has 0 fully saturated rings. The molecule has 1 aromatic heterocycles. The van der Waals surface area contributed by atoms with Gasteiger partial charge in [-0.3, -0.25) is 0 Å². The van der Waals surface area contributed by atoms with Gasteiger partial charge in [0.1, 0.15) is 0 Å². The van der Waals surface area contributed by atoms with Gasteiger partial charge in [-0.1, -0.05) is 6.92 Å². The Morgan fingerprint density at radius 2 is 2.00 bits per heavy atom. The lowest BCUT2D eigenvalue weighted by Gasteiger charge is -2.25. The molecule has 1 rings (SSSR count). The number of rotatable bonds is 3. The van der Waals surface area contributed by atoms with Crippen LogP contribution in [0, 0.1) is 0 Å². The van der Waals surface area contributed by atoms with Crippen LogP contribution >= 0.6 is 0 Å². The van der Waals surface area contributed by atoms with Gasteiger partial charge in [-0.25, -0.2) is 9.97 Å². The van der Waals surface area contributed by atoms with Crippen LogP contribution in [0.25, 0.3) is 0 Å². The van der Waals surface area contributed by atoms with Crippen molar-refractivity contribution in [1.82, 2.24) is 9.97 Å². The standard InChI is InChI=1S/C9H16N4/c1-4-9(2,3)13-8-7(10)11-5-6-12-8/h5-6H,4H2,1-3H3,(H2,10,11)(H,12,13). The molecule has 0 aliphatic carbocycles. The Morgan fingerprint density at radius 1 is 1.38 bits per heavy atom. The summed E-state index contributed by atoms with van der Waals surface area (Å²) in [5.74, 6) is 1.11. The minimum atomic E-state index is 0.00412. The van der Waals surface area contributed by atoms with Crippen LogP contribution in [0.15, 0.2) is 12.4 Å². The van der Waals surface area contributed by atoms with Gasteiger partial charge < -0.3 is 11.1 Å². The van der Waals surface area contributed by atoms with Gasteiger partial charge in [-0.05, 0) is 20.3 Å². The summed E-state index contributed by atoms with van der Waals surface area (Å²) in [5.41, 5.74) is 5.65. The molecule has 0 amide bonds. The number of nitrogens with one attached hydrogen (secondary N) is 1. The minimum Gasteiger partial charge on any atom is -0.381 e. The van der Waals surface area contributed by atoms with Gasteiger partial charge in [0.25, 0.3) is 0 Å². The lowest BCUT2D eigenvalue weighted by Crippen LogP contribution is -2.30. The fourth-order valence-electron chi connectivity index (χ4n) is 0.854. The first-order valence-corrected chi connectivity index (χ1v) is 4.40. The van der Waals surface area contributed by atoms with Crippen molar-refractivity contribution in [3.8, 4) is 0 Å². The van der Waals surface area contributed by atoms with E-state index in [-0.39, 0.29) is 5.54 Å². The molecule has 0 spiro atoms. The van der Waals surface area contributed by atoms with Crippen LogP contribution in [0.2, 0.25) is 0 Å². The molecule has 0 radical (unpaired) electrons. The first-order valence-electron chi connectivity index (χ1n) is 4.40. The predicted octanol–water partition coefficient (Wildman–Crippen LogP) is 1.66. The van der Waals surface area contributed by atoms with Gasteiger partial charge >= 0.3 is 0 Å². The number of anilines is 2. The van der Waals surface area contributed by atoms with Gasteiger partial charge in [0.05, 0.1) is 0 Å². The molecule has 4 nitrogen and oxygen atoms in total. The maximum atomic E-state index is 5.65. The molecule has 3 N–H and O–H groups in total. The molecule has 1 aromatic rings. The monoisotopic (exact) mass is 180 g/mol. The minimum absolute atomic E-state index is 0.00412. The molecule has 0 aromatic carbocycles. The zero-order chi connectivity index (χ0) is 9.90. The van der Waals surface area contributed by atoms with Crippen molar-refractivity contribution in [2.45, 2.75) is 32.7 Å². The number of hydrogen-bond acceptors (Lipinski definition) is 4. The highest BCUT2D eigenvalue weighted by Gasteiger charge is 2.16. The molecular formula is C9H16N4. The lowest BCUT2D eigenvalue weighted by molar-refractivity contribution is 0.545. The van der Waals surface area contributed by atoms with E-state index in [2.05, 4.69) is 36.1 Å². The quantitative estimate of drug-likeness (QED) is 0.742. The van der Waals surface area contributed by atoms with E-state index in [0.717, 1.165) is 6.42 Å². The molecule has 1 heterocycles. The smallest absolute Gasteiger partial charge is 0.169 e. The van der Waals surface area contributed by atoms with E-state index in [9.17, 15) is 0 Å². The first-order chi connectivity index (χ1) is 6.05. The summed E-state index contributed by atoms with van der Waals surface area (Å²) in [5, 5.41) is 3.24. The van der Waals surface area contributed by atoms with Crippen LogP contribution in [0.3, 0.4) is 0 Å². The summed E-state index contributed by atoms with van der Waals surface area (Å²) in [4.78, 5) is 8.06. The third kappa shape index (κ3) is 2.57. The van der Waals surface area contributed by atoms with Crippen LogP contribution in [0.4, 0.5) is 11.6 Å². The molecule has 13 heavy (non-hydrogen) atoms. The zero-order valence-corrected chi connectivity index (χ0v) is 8.33. The predicted molar refractivity (Wildman–Crippen MR) is 54.4 cm³/mol. The molecule has 72 valence electrons. The summed E-state index contributed by atoms with van der Waals surface area (Å²) < 4.78 is 0. The summed E-state index contributed by atoms with van der Waals surface area (Å²) in [6.45, 7) is 6.31. The highest BCUT2D eigenvalue weighted by molar-refractivity contribution is 5.56. The van der Waals surface area contributed by atoms with Crippen molar-refractivity contribution < 1.29 is 0 Å². The third-order valence-corrected chi connectivity index (χ3v) is 2.07. The van der Waals surface area contributed by atoms with E-state index in [0.29, 0.717) is 11.6 Å². The Labute approximate surface area is 78.6 Å². The Balaban J connectivity index is 2.80. The van der Waals surface area contributed by atoms with Crippen molar-refractivity contribution >= 4 is 11.6 Å². The SMILES string of the molecule is CCC(C)(C)Nc1nccnc1N.